The van der Waals surface area contributed by atoms with E-state index in [9.17, 15) is 0 Å². The molecule has 0 bridgehead atoms. The molecule has 15 heavy (non-hydrogen) atoms. The summed E-state index contributed by atoms with van der Waals surface area (Å²) in [4.78, 5) is 0. The van der Waals surface area contributed by atoms with E-state index < -0.39 is 0 Å². The average molecular weight is 272 g/mol. The molecule has 1 atom stereocenters. The quantitative estimate of drug-likeness (QED) is 0.858. The Morgan fingerprint density at radius 2 is 2.27 bits per heavy atom. The standard InChI is InChI=1S/C12H18BrNO/c1-3-14-10(2)7-8-15-12-6-4-5-11(13)9-12/h4-6,9-10,14H,3,7-8H2,1-2H3. The monoisotopic (exact) mass is 271 g/mol. The third-order valence-corrected chi connectivity index (χ3v) is 2.66. The van der Waals surface area contributed by atoms with Crippen LogP contribution in [0.2, 0.25) is 0 Å². The zero-order valence-corrected chi connectivity index (χ0v) is 10.9. The second kappa shape index (κ2) is 6.85. The van der Waals surface area contributed by atoms with E-state index in [4.69, 9.17) is 4.74 Å². The first-order valence-corrected chi connectivity index (χ1v) is 6.13. The molecule has 0 spiro atoms. The molecule has 1 aromatic carbocycles. The highest BCUT2D eigenvalue weighted by Gasteiger charge is 2.00. The van der Waals surface area contributed by atoms with Crippen LogP contribution < -0.4 is 10.1 Å². The van der Waals surface area contributed by atoms with Crippen LogP contribution in [0.4, 0.5) is 0 Å². The molecule has 0 aromatic heterocycles. The van der Waals surface area contributed by atoms with E-state index in [0.29, 0.717) is 6.04 Å². The van der Waals surface area contributed by atoms with Crippen LogP contribution in [0.15, 0.2) is 28.7 Å². The minimum Gasteiger partial charge on any atom is -0.493 e. The Bertz CT molecular complexity index is 291. The molecule has 2 nitrogen and oxygen atoms in total. The fourth-order valence-electron chi connectivity index (χ4n) is 1.36. The maximum Gasteiger partial charge on any atom is 0.120 e. The zero-order valence-electron chi connectivity index (χ0n) is 9.29. The highest BCUT2D eigenvalue weighted by molar-refractivity contribution is 9.10. The van der Waals surface area contributed by atoms with Gasteiger partial charge in [-0.2, -0.15) is 0 Å². The molecule has 0 heterocycles. The van der Waals surface area contributed by atoms with Gasteiger partial charge in [-0.25, -0.2) is 0 Å². The molecule has 1 unspecified atom stereocenters. The van der Waals surface area contributed by atoms with Crippen LogP contribution in [0.25, 0.3) is 0 Å². The molecule has 3 heteroatoms. The van der Waals surface area contributed by atoms with Gasteiger partial charge >= 0.3 is 0 Å². The number of rotatable bonds is 6. The van der Waals surface area contributed by atoms with Gasteiger partial charge in [0, 0.05) is 10.5 Å². The highest BCUT2D eigenvalue weighted by atomic mass is 79.9. The largest absolute Gasteiger partial charge is 0.493 e. The average Bonchev–Trinajstić information content (AvgIpc) is 2.18. The topological polar surface area (TPSA) is 21.3 Å². The predicted octanol–water partition coefficient (Wildman–Crippen LogP) is 3.22. The third-order valence-electron chi connectivity index (χ3n) is 2.17. The predicted molar refractivity (Wildman–Crippen MR) is 67.4 cm³/mol. The molecular weight excluding hydrogens is 254 g/mol. The number of ether oxygens (including phenoxy) is 1. The van der Waals surface area contributed by atoms with Crippen molar-refractivity contribution in [2.45, 2.75) is 26.3 Å². The van der Waals surface area contributed by atoms with Gasteiger partial charge < -0.3 is 10.1 Å². The van der Waals surface area contributed by atoms with Crippen molar-refractivity contribution >= 4 is 15.9 Å². The van der Waals surface area contributed by atoms with Gasteiger partial charge in [0.2, 0.25) is 0 Å². The Hall–Kier alpha value is -0.540. The van der Waals surface area contributed by atoms with E-state index in [2.05, 4.69) is 35.1 Å². The molecule has 0 fully saturated rings. The van der Waals surface area contributed by atoms with Crippen molar-refractivity contribution in [1.82, 2.24) is 5.32 Å². The Kier molecular flexibility index (Phi) is 5.73. The number of halogens is 1. The zero-order chi connectivity index (χ0) is 11.1. The summed E-state index contributed by atoms with van der Waals surface area (Å²) < 4.78 is 6.69. The summed E-state index contributed by atoms with van der Waals surface area (Å²) in [7, 11) is 0. The van der Waals surface area contributed by atoms with Crippen molar-refractivity contribution in [2.24, 2.45) is 0 Å². The minimum atomic E-state index is 0.516. The molecule has 0 radical (unpaired) electrons. The van der Waals surface area contributed by atoms with Crippen molar-refractivity contribution in [3.63, 3.8) is 0 Å². The van der Waals surface area contributed by atoms with Gasteiger partial charge in [0.05, 0.1) is 6.61 Å². The van der Waals surface area contributed by atoms with Crippen molar-refractivity contribution in [3.8, 4) is 5.75 Å². The second-order valence-corrected chi connectivity index (χ2v) is 4.47. The molecule has 1 rings (SSSR count). The van der Waals surface area contributed by atoms with E-state index in [-0.39, 0.29) is 0 Å². The molecule has 84 valence electrons. The van der Waals surface area contributed by atoms with Gasteiger partial charge in [-0.15, -0.1) is 0 Å². The summed E-state index contributed by atoms with van der Waals surface area (Å²) >= 11 is 3.42. The molecule has 1 aromatic rings. The first kappa shape index (κ1) is 12.5. The molecule has 0 aliphatic heterocycles. The smallest absolute Gasteiger partial charge is 0.120 e. The van der Waals surface area contributed by atoms with Crippen LogP contribution in [-0.2, 0) is 0 Å². The molecule has 0 saturated heterocycles. The van der Waals surface area contributed by atoms with Gasteiger partial charge in [-0.1, -0.05) is 28.9 Å². The molecular formula is C12H18BrNO. The van der Waals surface area contributed by atoms with Crippen LogP contribution in [0.3, 0.4) is 0 Å². The lowest BCUT2D eigenvalue weighted by molar-refractivity contribution is 0.291. The first-order valence-electron chi connectivity index (χ1n) is 5.34. The van der Waals surface area contributed by atoms with Crippen LogP contribution in [0.5, 0.6) is 5.75 Å². The maximum absolute atomic E-state index is 5.63. The Labute approximate surface area is 100 Å². The lowest BCUT2D eigenvalue weighted by atomic mass is 10.2. The molecule has 1 N–H and O–H groups in total. The fourth-order valence-corrected chi connectivity index (χ4v) is 1.74. The van der Waals surface area contributed by atoms with Crippen LogP contribution >= 0.6 is 15.9 Å². The Morgan fingerprint density at radius 3 is 2.93 bits per heavy atom. The second-order valence-electron chi connectivity index (χ2n) is 3.55. The van der Waals surface area contributed by atoms with Crippen LogP contribution in [0.1, 0.15) is 20.3 Å². The first-order chi connectivity index (χ1) is 7.22. The summed E-state index contributed by atoms with van der Waals surface area (Å²) in [6.45, 7) is 6.06. The summed E-state index contributed by atoms with van der Waals surface area (Å²) in [6.07, 6.45) is 1.03. The van der Waals surface area contributed by atoms with E-state index in [1.54, 1.807) is 0 Å². The van der Waals surface area contributed by atoms with Gasteiger partial charge in [0.25, 0.3) is 0 Å². The van der Waals surface area contributed by atoms with E-state index in [1.807, 2.05) is 24.3 Å². The minimum absolute atomic E-state index is 0.516. The van der Waals surface area contributed by atoms with Crippen LogP contribution in [0, 0.1) is 0 Å². The summed E-state index contributed by atoms with van der Waals surface area (Å²) in [6, 6.07) is 8.45. The maximum atomic E-state index is 5.63. The van der Waals surface area contributed by atoms with E-state index in [1.165, 1.54) is 0 Å². The number of nitrogens with one attached hydrogen (secondary N) is 1. The van der Waals surface area contributed by atoms with Crippen molar-refractivity contribution in [1.29, 1.82) is 0 Å². The third kappa shape index (κ3) is 5.19. The Balaban J connectivity index is 2.25. The summed E-state index contributed by atoms with van der Waals surface area (Å²) in [5.41, 5.74) is 0. The van der Waals surface area contributed by atoms with Gasteiger partial charge in [0.15, 0.2) is 0 Å². The van der Waals surface area contributed by atoms with Gasteiger partial charge in [-0.3, -0.25) is 0 Å². The molecule has 0 aliphatic rings. The number of hydrogen-bond acceptors (Lipinski definition) is 2. The van der Waals surface area contributed by atoms with E-state index >= 15 is 0 Å². The summed E-state index contributed by atoms with van der Waals surface area (Å²) in [5, 5.41) is 3.35. The number of benzene rings is 1. The molecule has 0 amide bonds. The number of hydrogen-bond donors (Lipinski definition) is 1. The normalized spacial score (nSPS) is 12.5. The van der Waals surface area contributed by atoms with Crippen LogP contribution in [-0.4, -0.2) is 19.2 Å². The molecule has 0 saturated carbocycles. The Morgan fingerprint density at radius 1 is 1.47 bits per heavy atom. The fraction of sp³-hybridized carbons (Fsp3) is 0.500. The van der Waals surface area contributed by atoms with Crippen molar-refractivity contribution in [3.05, 3.63) is 28.7 Å². The van der Waals surface area contributed by atoms with Gasteiger partial charge in [-0.05, 0) is 38.1 Å². The lowest BCUT2D eigenvalue weighted by Crippen LogP contribution is -2.27. The lowest BCUT2D eigenvalue weighted by Gasteiger charge is -2.12. The van der Waals surface area contributed by atoms with Crippen molar-refractivity contribution in [2.75, 3.05) is 13.2 Å². The SMILES string of the molecule is CCNC(C)CCOc1cccc(Br)c1. The highest BCUT2D eigenvalue weighted by Crippen LogP contribution is 2.17. The van der Waals surface area contributed by atoms with Crippen molar-refractivity contribution < 1.29 is 4.74 Å². The van der Waals surface area contributed by atoms with E-state index in [0.717, 1.165) is 29.8 Å². The van der Waals surface area contributed by atoms with Gasteiger partial charge in [0.1, 0.15) is 5.75 Å². The summed E-state index contributed by atoms with van der Waals surface area (Å²) in [5.74, 6) is 0.924. The molecule has 0 aliphatic carbocycles.